The normalized spacial score (nSPS) is 8.78. The van der Waals surface area contributed by atoms with Crippen LogP contribution in [0.15, 0.2) is 0 Å². The number of hydrogen-bond donors (Lipinski definition) is 0. The van der Waals surface area contributed by atoms with Crippen molar-refractivity contribution >= 4 is 5.97 Å². The van der Waals surface area contributed by atoms with Crippen LogP contribution in [-0.2, 0) is 37.5 Å². The van der Waals surface area contributed by atoms with Crippen LogP contribution in [0.2, 0.25) is 0 Å². The van der Waals surface area contributed by atoms with Gasteiger partial charge in [-0.15, -0.1) is 0 Å². The Kier molecular flexibility index (Phi) is 9.45. The zero-order chi connectivity index (χ0) is 6.08. The Morgan fingerprint density at radius 1 is 1.33 bits per heavy atom. The van der Waals surface area contributed by atoms with Crippen LogP contribution in [0.5, 0.6) is 0 Å². The molecule has 0 atom stereocenters. The smallest absolute Gasteiger partial charge is 0.0467 e. The van der Waals surface area contributed by atoms with Gasteiger partial charge in [-0.1, -0.05) is 20.8 Å². The maximum atomic E-state index is 9.91. The van der Waals surface area contributed by atoms with Crippen molar-refractivity contribution in [3.63, 3.8) is 0 Å². The molecule has 1 radical (unpaired) electrons. The molecule has 3 heteroatoms. The summed E-state index contributed by atoms with van der Waals surface area (Å²) in [4.78, 5) is 9.91. The first-order chi connectivity index (χ1) is 2.94. The quantitative estimate of drug-likeness (QED) is 0.531. The van der Waals surface area contributed by atoms with Crippen molar-refractivity contribution in [2.45, 2.75) is 20.8 Å². The van der Waals surface area contributed by atoms with E-state index in [1.165, 1.54) is 0 Å². The number of carboxylic acid groups (broad SMARTS) is 1. The van der Waals surface area contributed by atoms with E-state index >= 15 is 0 Å². The fourth-order valence-electron chi connectivity index (χ4n) is 0. The fourth-order valence-corrected chi connectivity index (χ4v) is 0. The number of aliphatic carboxylic acids is 1. The Balaban J connectivity index is -0.000000180. The van der Waals surface area contributed by atoms with E-state index in [0.29, 0.717) is 0 Å². The monoisotopic (exact) mass is 205 g/mol. The van der Waals surface area contributed by atoms with Crippen LogP contribution in [0.3, 0.4) is 0 Å². The van der Waals surface area contributed by atoms with E-state index in [1.54, 1.807) is 20.8 Å². The average Bonchev–Trinajstić information content (AvgIpc) is 1.31. The summed E-state index contributed by atoms with van der Waals surface area (Å²) in [5, 5.41) is 9.91. The largest absolute Gasteiger partial charge is 0.550 e. The second-order valence-corrected chi connectivity index (χ2v) is 2.54. The molecule has 0 aromatic heterocycles. The Bertz CT molecular complexity index is 83.5. The molecule has 0 aromatic carbocycles. The molecule has 0 spiro atoms. The van der Waals surface area contributed by atoms with E-state index in [4.69, 9.17) is 0 Å². The van der Waals surface area contributed by atoms with E-state index in [9.17, 15) is 9.90 Å². The van der Waals surface area contributed by atoms with Crippen LogP contribution < -0.4 is 5.11 Å². The molecule has 0 rings (SSSR count). The topological polar surface area (TPSA) is 40.1 Å². The summed E-state index contributed by atoms with van der Waals surface area (Å²) in [6.45, 7) is 4.80. The van der Waals surface area contributed by atoms with Gasteiger partial charge in [-0.3, -0.25) is 0 Å². The van der Waals surface area contributed by atoms with E-state index in [-0.39, 0.29) is 40.1 Å². The molecule has 2 nitrogen and oxygen atoms in total. The Labute approximate surface area is 81.9 Å². The van der Waals surface area contributed by atoms with E-state index in [2.05, 4.69) is 0 Å². The fraction of sp³-hybridized carbons (Fsp3) is 0.667. The first-order valence-electron chi connectivity index (χ1n) is 2.16. The summed E-state index contributed by atoms with van der Waals surface area (Å²) in [6.07, 6.45) is 0. The molecule has 0 bridgehead atoms. The average molecular weight is 205 g/mol. The molecule has 51 valence electrons. The van der Waals surface area contributed by atoms with Crippen LogP contribution in [-0.4, -0.2) is 5.97 Å². The third kappa shape index (κ3) is 8.44. The van der Waals surface area contributed by atoms with Gasteiger partial charge in [0.05, 0.1) is 0 Å². The van der Waals surface area contributed by atoms with Crippen LogP contribution in [0.1, 0.15) is 20.8 Å². The van der Waals surface area contributed by atoms with Gasteiger partial charge in [-0.25, -0.2) is 0 Å². The summed E-state index contributed by atoms with van der Waals surface area (Å²) >= 11 is 0. The summed E-state index contributed by atoms with van der Waals surface area (Å²) in [6, 6.07) is 0. The molecule has 0 N–H and O–H groups in total. The van der Waals surface area contributed by atoms with Crippen molar-refractivity contribution in [2.24, 2.45) is 5.41 Å². The molecule has 0 aliphatic heterocycles. The Hall–Kier alpha value is 0.444. The number of rotatable bonds is 0. The zero-order valence-corrected chi connectivity index (χ0v) is 9.23. The van der Waals surface area contributed by atoms with Crippen LogP contribution in [0.4, 0.5) is 0 Å². The van der Waals surface area contributed by atoms with Gasteiger partial charge in [0.25, 0.3) is 0 Å². The van der Waals surface area contributed by atoms with Gasteiger partial charge in [-0.05, 0) is 0 Å². The number of hydrogen-bond acceptors (Lipinski definition) is 2. The molecular weight excluding hydrogens is 193 g/mol. The van der Waals surface area contributed by atoms with Gasteiger partial charge in [0, 0.05) is 51.5 Å². The minimum absolute atomic E-state index is 0. The van der Waals surface area contributed by atoms with Crippen LogP contribution >= 0.6 is 0 Å². The number of carbonyl (C=O) groups is 1. The maximum absolute atomic E-state index is 9.91. The molecule has 0 aliphatic carbocycles. The summed E-state index contributed by atoms with van der Waals surface area (Å²) in [5.74, 6) is -1.01. The van der Waals surface area contributed by atoms with Crippen molar-refractivity contribution in [3.05, 3.63) is 7.43 Å². The third-order valence-electron chi connectivity index (χ3n) is 0.612. The molecule has 0 fully saturated rings. The molecule has 0 amide bonds. The third-order valence-corrected chi connectivity index (χ3v) is 0.612. The van der Waals surface area contributed by atoms with Gasteiger partial charge in [-0.2, -0.15) is 0 Å². The summed E-state index contributed by atoms with van der Waals surface area (Å²) in [7, 11) is 0. The predicted octanol–water partition coefficient (Wildman–Crippen LogP) is 0.230. The Morgan fingerprint density at radius 2 is 1.44 bits per heavy atom. The zero-order valence-electron chi connectivity index (χ0n) is 6.39. The SMILES string of the molecule is CC(C)(C)C(=O)[O-].[CH3+].[Y]. The van der Waals surface area contributed by atoms with Gasteiger partial charge < -0.3 is 9.90 Å². The molecule has 0 heterocycles. The van der Waals surface area contributed by atoms with E-state index < -0.39 is 11.4 Å². The summed E-state index contributed by atoms with van der Waals surface area (Å²) < 4.78 is 0. The first kappa shape index (κ1) is 16.2. The Morgan fingerprint density at radius 3 is 1.44 bits per heavy atom. The van der Waals surface area contributed by atoms with Crippen molar-refractivity contribution in [3.8, 4) is 0 Å². The van der Waals surface area contributed by atoms with E-state index in [1.807, 2.05) is 0 Å². The molecule has 0 saturated heterocycles. The van der Waals surface area contributed by atoms with Crippen molar-refractivity contribution < 1.29 is 42.6 Å². The van der Waals surface area contributed by atoms with E-state index in [0.717, 1.165) is 0 Å². The van der Waals surface area contributed by atoms with Crippen molar-refractivity contribution in [1.82, 2.24) is 0 Å². The number of carbonyl (C=O) groups excluding carboxylic acids is 1. The molecule has 0 aliphatic rings. The molecule has 0 unspecified atom stereocenters. The maximum Gasteiger partial charge on any atom is 0.0467 e. The minimum atomic E-state index is -1.01. The minimum Gasteiger partial charge on any atom is -0.550 e. The first-order valence-corrected chi connectivity index (χ1v) is 2.16. The second kappa shape index (κ2) is 5.25. The van der Waals surface area contributed by atoms with Crippen molar-refractivity contribution in [1.29, 1.82) is 0 Å². The second-order valence-electron chi connectivity index (χ2n) is 2.54. The van der Waals surface area contributed by atoms with Crippen molar-refractivity contribution in [2.75, 3.05) is 0 Å². The van der Waals surface area contributed by atoms with Gasteiger partial charge in [0.15, 0.2) is 0 Å². The molecule has 9 heavy (non-hydrogen) atoms. The molecule has 0 aromatic rings. The summed E-state index contributed by atoms with van der Waals surface area (Å²) in [5.41, 5.74) is -0.694. The predicted molar refractivity (Wildman–Crippen MR) is 30.9 cm³/mol. The van der Waals surface area contributed by atoms with Gasteiger partial charge >= 0.3 is 0 Å². The number of carboxylic acids is 1. The van der Waals surface area contributed by atoms with Crippen LogP contribution in [0.25, 0.3) is 0 Å². The molecular formula is C6H12O2Y. The van der Waals surface area contributed by atoms with Gasteiger partial charge in [0.1, 0.15) is 0 Å². The molecule has 0 saturated carbocycles. The standard InChI is InChI=1S/C5H10O2.CH3.Y/c1-5(2,3)4(6)7;;/h1-3H3,(H,6,7);1H3;/q;+1;/p-1. The van der Waals surface area contributed by atoms with Crippen LogP contribution in [0, 0.1) is 12.8 Å². The van der Waals surface area contributed by atoms with Gasteiger partial charge in [0.2, 0.25) is 0 Å².